The van der Waals surface area contributed by atoms with Crippen molar-refractivity contribution in [3.05, 3.63) is 34.9 Å². The van der Waals surface area contributed by atoms with Crippen molar-refractivity contribution in [2.45, 2.75) is 32.9 Å². The van der Waals surface area contributed by atoms with Crippen molar-refractivity contribution in [1.29, 1.82) is 0 Å². The molecule has 1 aliphatic rings. The van der Waals surface area contributed by atoms with Crippen molar-refractivity contribution in [2.75, 3.05) is 6.54 Å². The summed E-state index contributed by atoms with van der Waals surface area (Å²) in [4.78, 5) is 14.0. The average Bonchev–Trinajstić information content (AvgIpc) is 2.29. The van der Waals surface area contributed by atoms with E-state index in [2.05, 4.69) is 24.0 Å². The third-order valence-electron chi connectivity index (χ3n) is 3.48. The van der Waals surface area contributed by atoms with E-state index in [4.69, 9.17) is 11.6 Å². The van der Waals surface area contributed by atoms with Gasteiger partial charge in [-0.15, -0.1) is 0 Å². The van der Waals surface area contributed by atoms with Crippen LogP contribution in [0.4, 0.5) is 0 Å². The number of Topliss-reactive ketones (excluding diaryl/α,β-unsaturated/α-hetero) is 1. The highest BCUT2D eigenvalue weighted by Gasteiger charge is 2.28. The Bertz CT molecular complexity index is 401. The predicted molar refractivity (Wildman–Crippen MR) is 70.1 cm³/mol. The van der Waals surface area contributed by atoms with Crippen molar-refractivity contribution < 1.29 is 4.79 Å². The Hall–Kier alpha value is -0.860. The van der Waals surface area contributed by atoms with Crippen LogP contribution in [0, 0.1) is 5.92 Å². The molecule has 17 heavy (non-hydrogen) atoms. The Morgan fingerprint density at radius 1 is 1.29 bits per heavy atom. The molecule has 1 saturated heterocycles. The van der Waals surface area contributed by atoms with Crippen molar-refractivity contribution in [3.63, 3.8) is 0 Å². The quantitative estimate of drug-likeness (QED) is 0.805. The number of halogens is 1. The van der Waals surface area contributed by atoms with E-state index in [9.17, 15) is 4.79 Å². The van der Waals surface area contributed by atoms with Crippen LogP contribution in [0.3, 0.4) is 0 Å². The molecule has 1 aliphatic heterocycles. The molecule has 1 aromatic rings. The Balaban J connectivity index is 2.03. The molecule has 0 saturated carbocycles. The summed E-state index contributed by atoms with van der Waals surface area (Å²) < 4.78 is 0. The van der Waals surface area contributed by atoms with Gasteiger partial charge in [0.15, 0.2) is 0 Å². The van der Waals surface area contributed by atoms with Crippen LogP contribution in [0.25, 0.3) is 0 Å². The summed E-state index contributed by atoms with van der Waals surface area (Å²) in [6, 6.07) is 8.28. The van der Waals surface area contributed by atoms with Gasteiger partial charge in [0.05, 0.1) is 0 Å². The fourth-order valence-corrected chi connectivity index (χ4v) is 2.43. The highest BCUT2D eigenvalue weighted by molar-refractivity contribution is 6.30. The number of likely N-dealkylation sites (tertiary alicyclic amines) is 1. The molecule has 0 aromatic heterocycles. The largest absolute Gasteiger partial charge is 0.299 e. The van der Waals surface area contributed by atoms with Gasteiger partial charge in [0.1, 0.15) is 5.78 Å². The molecule has 1 fully saturated rings. The van der Waals surface area contributed by atoms with E-state index < -0.39 is 0 Å². The summed E-state index contributed by atoms with van der Waals surface area (Å²) in [5.41, 5.74) is 1.25. The molecule has 0 aliphatic carbocycles. The van der Waals surface area contributed by atoms with Crippen LogP contribution in [0.1, 0.15) is 25.8 Å². The summed E-state index contributed by atoms with van der Waals surface area (Å²) in [6.45, 7) is 5.90. The molecule has 0 bridgehead atoms. The van der Waals surface area contributed by atoms with Crippen LogP contribution >= 0.6 is 11.6 Å². The van der Waals surface area contributed by atoms with Gasteiger partial charge < -0.3 is 0 Å². The minimum absolute atomic E-state index is 0.165. The predicted octanol–water partition coefficient (Wildman–Crippen LogP) is 3.14. The highest BCUT2D eigenvalue weighted by atomic mass is 35.5. The van der Waals surface area contributed by atoms with Crippen molar-refractivity contribution in [3.8, 4) is 0 Å². The van der Waals surface area contributed by atoms with Gasteiger partial charge in [0, 0.05) is 36.5 Å². The molecule has 0 radical (unpaired) electrons. The number of nitrogens with zero attached hydrogens (tertiary/aromatic N) is 1. The maximum absolute atomic E-state index is 11.6. The van der Waals surface area contributed by atoms with Crippen LogP contribution in [0.2, 0.25) is 5.02 Å². The van der Waals surface area contributed by atoms with Crippen molar-refractivity contribution in [1.82, 2.24) is 4.90 Å². The summed E-state index contributed by atoms with van der Waals surface area (Å²) in [5.74, 6) is 0.559. The normalized spacial score (nSPS) is 26.2. The second-order valence-corrected chi connectivity index (χ2v) is 5.41. The van der Waals surface area contributed by atoms with Crippen molar-refractivity contribution >= 4 is 17.4 Å². The molecule has 2 atom stereocenters. The lowest BCUT2D eigenvalue weighted by Gasteiger charge is -2.35. The zero-order valence-electron chi connectivity index (χ0n) is 10.3. The topological polar surface area (TPSA) is 20.3 Å². The zero-order chi connectivity index (χ0) is 12.4. The molecule has 0 N–H and O–H groups in total. The monoisotopic (exact) mass is 251 g/mol. The number of carbonyl (C=O) groups excluding carboxylic acids is 1. The van der Waals surface area contributed by atoms with Gasteiger partial charge in [-0.2, -0.15) is 0 Å². The van der Waals surface area contributed by atoms with Crippen LogP contribution in [0.15, 0.2) is 24.3 Å². The lowest BCUT2D eigenvalue weighted by molar-refractivity contribution is -0.127. The van der Waals surface area contributed by atoms with E-state index in [0.717, 1.165) is 18.1 Å². The fraction of sp³-hybridized carbons (Fsp3) is 0.500. The summed E-state index contributed by atoms with van der Waals surface area (Å²) >= 11 is 5.87. The van der Waals surface area contributed by atoms with Gasteiger partial charge >= 0.3 is 0 Å². The number of piperidine rings is 1. The SMILES string of the molecule is C[C@@H]1CC(=O)[C@@H](C)CN1Cc1ccc(Cl)cc1. The molecule has 3 heteroatoms. The average molecular weight is 252 g/mol. The smallest absolute Gasteiger partial charge is 0.138 e. The molecule has 0 spiro atoms. The molecular weight excluding hydrogens is 234 g/mol. The van der Waals surface area contributed by atoms with Gasteiger partial charge in [0.25, 0.3) is 0 Å². The number of rotatable bonds is 2. The summed E-state index contributed by atoms with van der Waals surface area (Å²) in [6.07, 6.45) is 0.675. The third-order valence-corrected chi connectivity index (χ3v) is 3.73. The molecule has 92 valence electrons. The zero-order valence-corrected chi connectivity index (χ0v) is 11.1. The fourth-order valence-electron chi connectivity index (χ4n) is 2.30. The standard InChI is InChI=1S/C14H18ClNO/c1-10-8-16(11(2)7-14(10)17)9-12-3-5-13(15)6-4-12/h3-6,10-11H,7-9H2,1-2H3/t10-,11+/m0/s1. The van der Waals surface area contributed by atoms with Gasteiger partial charge in [-0.25, -0.2) is 0 Å². The molecule has 1 heterocycles. The van der Waals surface area contributed by atoms with E-state index in [0.29, 0.717) is 18.2 Å². The van der Waals surface area contributed by atoms with E-state index in [1.807, 2.05) is 19.1 Å². The van der Waals surface area contributed by atoms with E-state index in [-0.39, 0.29) is 5.92 Å². The lowest BCUT2D eigenvalue weighted by atomic mass is 9.93. The molecule has 0 amide bonds. The van der Waals surface area contributed by atoms with E-state index in [1.165, 1.54) is 5.56 Å². The molecular formula is C14H18ClNO. The van der Waals surface area contributed by atoms with Crippen LogP contribution in [0.5, 0.6) is 0 Å². The van der Waals surface area contributed by atoms with Gasteiger partial charge in [-0.05, 0) is 24.6 Å². The van der Waals surface area contributed by atoms with Gasteiger partial charge in [-0.1, -0.05) is 30.7 Å². The molecule has 2 rings (SSSR count). The first-order chi connectivity index (χ1) is 8.06. The minimum Gasteiger partial charge on any atom is -0.299 e. The number of ketones is 1. The molecule has 1 aromatic carbocycles. The minimum atomic E-state index is 0.165. The first-order valence-electron chi connectivity index (χ1n) is 6.07. The van der Waals surface area contributed by atoms with Crippen LogP contribution < -0.4 is 0 Å². The highest BCUT2D eigenvalue weighted by Crippen LogP contribution is 2.21. The third kappa shape index (κ3) is 3.08. The Kier molecular flexibility index (Phi) is 3.85. The number of benzene rings is 1. The van der Waals surface area contributed by atoms with Crippen LogP contribution in [-0.2, 0) is 11.3 Å². The van der Waals surface area contributed by atoms with E-state index >= 15 is 0 Å². The molecule has 0 unspecified atom stereocenters. The second kappa shape index (κ2) is 5.19. The Morgan fingerprint density at radius 3 is 2.59 bits per heavy atom. The lowest BCUT2D eigenvalue weighted by Crippen LogP contribution is -2.44. The first kappa shape index (κ1) is 12.6. The van der Waals surface area contributed by atoms with Crippen molar-refractivity contribution in [2.24, 2.45) is 5.92 Å². The van der Waals surface area contributed by atoms with Crippen LogP contribution in [-0.4, -0.2) is 23.3 Å². The number of carbonyl (C=O) groups is 1. The van der Waals surface area contributed by atoms with E-state index in [1.54, 1.807) is 0 Å². The maximum atomic E-state index is 11.6. The number of hydrogen-bond acceptors (Lipinski definition) is 2. The summed E-state index contributed by atoms with van der Waals surface area (Å²) in [7, 11) is 0. The summed E-state index contributed by atoms with van der Waals surface area (Å²) in [5, 5.41) is 0.768. The first-order valence-corrected chi connectivity index (χ1v) is 6.45. The second-order valence-electron chi connectivity index (χ2n) is 4.98. The van der Waals surface area contributed by atoms with Gasteiger partial charge in [0.2, 0.25) is 0 Å². The number of hydrogen-bond donors (Lipinski definition) is 0. The molecule has 2 nitrogen and oxygen atoms in total. The Morgan fingerprint density at radius 2 is 1.94 bits per heavy atom. The van der Waals surface area contributed by atoms with Gasteiger partial charge in [-0.3, -0.25) is 9.69 Å². The Labute approximate surface area is 108 Å². The maximum Gasteiger partial charge on any atom is 0.138 e.